The maximum Gasteiger partial charge on any atom is 0.458 e. The first-order valence-electron chi connectivity index (χ1n) is 9.45. The number of benzene rings is 1. The molecule has 1 aliphatic rings. The number of ether oxygens (including phenoxy) is 1. The van der Waals surface area contributed by atoms with Crippen molar-refractivity contribution in [3.8, 4) is 5.75 Å². The highest BCUT2D eigenvalue weighted by Crippen LogP contribution is 2.47. The predicted octanol–water partition coefficient (Wildman–Crippen LogP) is 4.03. The summed E-state index contributed by atoms with van der Waals surface area (Å²) in [5.74, 6) is -5.02. The summed E-state index contributed by atoms with van der Waals surface area (Å²) < 4.78 is 74.3. The molecule has 5 nitrogen and oxygen atoms in total. The van der Waals surface area contributed by atoms with Crippen molar-refractivity contribution in [1.29, 1.82) is 0 Å². The molecule has 0 fully saturated rings. The van der Waals surface area contributed by atoms with Gasteiger partial charge in [0.1, 0.15) is 11.4 Å². The molecule has 0 bridgehead atoms. The minimum absolute atomic E-state index is 0.0443. The zero-order chi connectivity index (χ0) is 23.9. The van der Waals surface area contributed by atoms with E-state index < -0.39 is 28.8 Å². The Balaban J connectivity index is 2.32. The van der Waals surface area contributed by atoms with Crippen LogP contribution >= 0.6 is 12.2 Å². The van der Waals surface area contributed by atoms with Gasteiger partial charge >= 0.3 is 12.1 Å². The van der Waals surface area contributed by atoms with Crippen LogP contribution in [0, 0.1) is 0 Å². The maximum absolute atomic E-state index is 14.1. The molecule has 172 valence electrons. The van der Waals surface area contributed by atoms with E-state index in [-0.39, 0.29) is 28.7 Å². The topological polar surface area (TPSA) is 55.3 Å². The summed E-state index contributed by atoms with van der Waals surface area (Å²) in [4.78, 5) is 12.6. The Hall–Kier alpha value is -2.95. The predicted molar refractivity (Wildman–Crippen MR) is 114 cm³/mol. The SMILES string of the molecule is CNC(=S)NCC1=C(n2ccccc2=O)c2cc(C(F)(F)C(F)(F)F)ccc2OC1(C)C. The van der Waals surface area contributed by atoms with Crippen LogP contribution in [0.15, 0.2) is 53.0 Å². The number of nitrogens with zero attached hydrogens (tertiary/aromatic N) is 1. The van der Waals surface area contributed by atoms with Crippen LogP contribution < -0.4 is 20.9 Å². The fourth-order valence-electron chi connectivity index (χ4n) is 3.39. The third-order valence-electron chi connectivity index (χ3n) is 5.05. The normalized spacial score (nSPS) is 15.6. The third-order valence-corrected chi connectivity index (χ3v) is 5.40. The van der Waals surface area contributed by atoms with Crippen LogP contribution in [0.3, 0.4) is 0 Å². The Bertz CT molecular complexity index is 1140. The van der Waals surface area contributed by atoms with Gasteiger partial charge in [-0.1, -0.05) is 6.07 Å². The van der Waals surface area contributed by atoms with Crippen LogP contribution in [0.4, 0.5) is 22.0 Å². The molecule has 11 heteroatoms. The summed E-state index contributed by atoms with van der Waals surface area (Å²) in [6, 6.07) is 6.74. The zero-order valence-corrected chi connectivity index (χ0v) is 18.1. The molecule has 0 aliphatic carbocycles. The van der Waals surface area contributed by atoms with Gasteiger partial charge in [-0.2, -0.15) is 22.0 Å². The van der Waals surface area contributed by atoms with E-state index in [1.807, 2.05) is 0 Å². The first kappa shape index (κ1) is 23.7. The summed E-state index contributed by atoms with van der Waals surface area (Å²) in [5, 5.41) is 5.92. The van der Waals surface area contributed by atoms with E-state index in [0.717, 1.165) is 6.07 Å². The summed E-state index contributed by atoms with van der Waals surface area (Å²) >= 11 is 5.09. The molecule has 0 atom stereocenters. The largest absolute Gasteiger partial charge is 0.483 e. The fraction of sp³-hybridized carbons (Fsp3) is 0.333. The second-order valence-corrected chi connectivity index (χ2v) is 7.97. The highest BCUT2D eigenvalue weighted by atomic mass is 32.1. The minimum atomic E-state index is -5.78. The van der Waals surface area contributed by atoms with Gasteiger partial charge in [0.2, 0.25) is 0 Å². The van der Waals surface area contributed by atoms with Crippen molar-refractivity contribution in [2.24, 2.45) is 0 Å². The first-order valence-corrected chi connectivity index (χ1v) is 9.86. The first-order chi connectivity index (χ1) is 14.8. The molecule has 3 rings (SSSR count). The van der Waals surface area contributed by atoms with Crippen molar-refractivity contribution >= 4 is 23.0 Å². The van der Waals surface area contributed by atoms with Gasteiger partial charge < -0.3 is 15.4 Å². The number of alkyl halides is 5. The average molecular weight is 473 g/mol. The van der Waals surface area contributed by atoms with E-state index in [4.69, 9.17) is 17.0 Å². The van der Waals surface area contributed by atoms with E-state index >= 15 is 0 Å². The van der Waals surface area contributed by atoms with Gasteiger partial charge in [0, 0.05) is 42.6 Å². The fourth-order valence-corrected chi connectivity index (χ4v) is 3.46. The number of hydrogen-bond donors (Lipinski definition) is 2. The van der Waals surface area contributed by atoms with Crippen LogP contribution in [-0.4, -0.2) is 35.0 Å². The Kier molecular flexibility index (Phi) is 6.07. The molecule has 0 unspecified atom stereocenters. The van der Waals surface area contributed by atoms with E-state index in [0.29, 0.717) is 17.7 Å². The summed E-state index contributed by atoms with van der Waals surface area (Å²) in [6.45, 7) is 3.44. The van der Waals surface area contributed by atoms with Crippen LogP contribution in [0.2, 0.25) is 0 Å². The second kappa shape index (κ2) is 8.19. The van der Waals surface area contributed by atoms with Crippen molar-refractivity contribution in [2.75, 3.05) is 13.6 Å². The summed E-state index contributed by atoms with van der Waals surface area (Å²) in [7, 11) is 1.59. The standard InChI is InChI=1S/C21H20F5N3O2S/c1-19(2)14(11-28-18(32)27-3)17(29-9-5-4-6-16(29)30)13-10-12(7-8-15(13)31-19)20(22,23)21(24,25)26/h4-10H,11H2,1-3H3,(H2,27,28,32). The molecule has 1 aromatic carbocycles. The van der Waals surface area contributed by atoms with Crippen LogP contribution in [-0.2, 0) is 5.92 Å². The number of aromatic nitrogens is 1. The average Bonchev–Trinajstić information content (AvgIpc) is 2.70. The van der Waals surface area contributed by atoms with E-state index in [1.54, 1.807) is 27.0 Å². The second-order valence-electron chi connectivity index (χ2n) is 7.56. The molecule has 1 aromatic heterocycles. The number of rotatable bonds is 4. The van der Waals surface area contributed by atoms with Crippen molar-refractivity contribution in [1.82, 2.24) is 15.2 Å². The van der Waals surface area contributed by atoms with Crippen molar-refractivity contribution in [3.63, 3.8) is 0 Å². The smallest absolute Gasteiger partial charge is 0.458 e. The van der Waals surface area contributed by atoms with Gasteiger partial charge in [0.05, 0.1) is 5.70 Å². The summed E-state index contributed by atoms with van der Waals surface area (Å²) in [6.07, 6.45) is -4.37. The maximum atomic E-state index is 14.1. The minimum Gasteiger partial charge on any atom is -0.483 e. The third kappa shape index (κ3) is 4.21. The van der Waals surface area contributed by atoms with Crippen LogP contribution in [0.5, 0.6) is 5.75 Å². The molecular weight excluding hydrogens is 453 g/mol. The van der Waals surface area contributed by atoms with Gasteiger partial charge in [0.25, 0.3) is 5.56 Å². The molecule has 0 amide bonds. The molecule has 0 radical (unpaired) electrons. The molecular formula is C21H20F5N3O2S. The number of hydrogen-bond acceptors (Lipinski definition) is 3. The van der Waals surface area contributed by atoms with E-state index in [2.05, 4.69) is 10.6 Å². The van der Waals surface area contributed by atoms with E-state index in [9.17, 15) is 26.7 Å². The molecule has 2 N–H and O–H groups in total. The monoisotopic (exact) mass is 473 g/mol. The van der Waals surface area contributed by atoms with Crippen molar-refractivity contribution in [2.45, 2.75) is 31.5 Å². The van der Waals surface area contributed by atoms with Crippen LogP contribution in [0.25, 0.3) is 5.70 Å². The Morgan fingerprint density at radius 2 is 1.84 bits per heavy atom. The number of nitrogens with one attached hydrogen (secondary N) is 2. The molecule has 0 saturated carbocycles. The van der Waals surface area contributed by atoms with Gasteiger partial charge in [-0.3, -0.25) is 9.36 Å². The number of pyridine rings is 1. The van der Waals surface area contributed by atoms with Gasteiger partial charge in [-0.05, 0) is 50.3 Å². The highest BCUT2D eigenvalue weighted by molar-refractivity contribution is 7.80. The molecule has 0 saturated heterocycles. The van der Waals surface area contributed by atoms with E-state index in [1.165, 1.54) is 22.9 Å². The van der Waals surface area contributed by atoms with Gasteiger partial charge in [-0.25, -0.2) is 0 Å². The molecule has 0 spiro atoms. The Labute approximate surface area is 185 Å². The Morgan fingerprint density at radius 1 is 1.16 bits per heavy atom. The van der Waals surface area contributed by atoms with Gasteiger partial charge in [0.15, 0.2) is 5.11 Å². The quantitative estimate of drug-likeness (QED) is 0.519. The lowest BCUT2D eigenvalue weighted by Crippen LogP contribution is -2.44. The highest BCUT2D eigenvalue weighted by Gasteiger charge is 2.59. The molecule has 2 heterocycles. The Morgan fingerprint density at radius 3 is 2.44 bits per heavy atom. The zero-order valence-electron chi connectivity index (χ0n) is 17.3. The lowest BCUT2D eigenvalue weighted by molar-refractivity contribution is -0.289. The summed E-state index contributed by atoms with van der Waals surface area (Å²) in [5.41, 5.74) is -2.27. The lowest BCUT2D eigenvalue weighted by Gasteiger charge is -2.38. The van der Waals surface area contributed by atoms with Gasteiger partial charge in [-0.15, -0.1) is 0 Å². The number of halogens is 5. The lowest BCUT2D eigenvalue weighted by atomic mass is 9.88. The van der Waals surface area contributed by atoms with Crippen molar-refractivity contribution in [3.05, 3.63) is 69.6 Å². The van der Waals surface area contributed by atoms with Crippen LogP contribution in [0.1, 0.15) is 25.0 Å². The number of fused-ring (bicyclic) bond motifs is 1. The molecule has 1 aliphatic heterocycles. The molecule has 2 aromatic rings. The van der Waals surface area contributed by atoms with Crippen molar-refractivity contribution < 1.29 is 26.7 Å². The molecule has 32 heavy (non-hydrogen) atoms. The number of thiocarbonyl (C=S) groups is 1.